The number of rotatable bonds is 9. The van der Waals surface area contributed by atoms with Crippen molar-refractivity contribution in [3.8, 4) is 0 Å². The molecule has 0 spiro atoms. The Morgan fingerprint density at radius 3 is 1.86 bits per heavy atom. The molecule has 0 N–H and O–H groups in total. The number of carbonyl (C=O) groups is 5. The van der Waals surface area contributed by atoms with Crippen molar-refractivity contribution in [3.63, 3.8) is 0 Å². The molecule has 0 radical (unpaired) electrons. The van der Waals surface area contributed by atoms with Gasteiger partial charge in [0.15, 0.2) is 12.2 Å². The quantitative estimate of drug-likeness (QED) is 0.180. The van der Waals surface area contributed by atoms with Crippen LogP contribution in [0, 0.1) is 0 Å². The number of carbonyl (C=O) groups excluding carboxylic acids is 5. The van der Waals surface area contributed by atoms with Gasteiger partial charge in [-0.2, -0.15) is 0 Å². The number of ether oxygens (including phenoxy) is 7. The van der Waals surface area contributed by atoms with Crippen LogP contribution in [-0.2, 0) is 57.1 Å². The third-order valence-electron chi connectivity index (χ3n) is 4.75. The highest BCUT2D eigenvalue weighted by Gasteiger charge is 2.53. The van der Waals surface area contributed by atoms with Crippen molar-refractivity contribution >= 4 is 51.9 Å². The summed E-state index contributed by atoms with van der Waals surface area (Å²) in [5, 5.41) is 0. The first-order valence-corrected chi connectivity index (χ1v) is 11.7. The van der Waals surface area contributed by atoms with E-state index in [0.29, 0.717) is 5.56 Å². The Labute approximate surface area is 221 Å². The molecule has 13 heteroatoms. The Morgan fingerprint density at radius 1 is 0.811 bits per heavy atom. The Kier molecular flexibility index (Phi) is 11.1. The van der Waals surface area contributed by atoms with Gasteiger partial charge in [-0.05, 0) is 23.8 Å². The minimum Gasteiger partial charge on any atom is -0.463 e. The fourth-order valence-electron chi connectivity index (χ4n) is 3.36. The van der Waals surface area contributed by atoms with Crippen LogP contribution in [0.3, 0.4) is 0 Å². The van der Waals surface area contributed by atoms with E-state index in [-0.39, 0.29) is 5.76 Å². The molecular formula is C24H27BrO12. The Hall–Kier alpha value is -3.45. The van der Waals surface area contributed by atoms with Gasteiger partial charge in [-0.3, -0.25) is 19.2 Å². The van der Waals surface area contributed by atoms with E-state index < -0.39 is 67.2 Å². The summed E-state index contributed by atoms with van der Waals surface area (Å²) < 4.78 is 38.3. The molecule has 0 aromatic heterocycles. The van der Waals surface area contributed by atoms with Crippen molar-refractivity contribution in [1.82, 2.24) is 0 Å². The summed E-state index contributed by atoms with van der Waals surface area (Å²) in [6.45, 7) is 4.00. The molecule has 1 aliphatic rings. The molecule has 1 saturated heterocycles. The summed E-state index contributed by atoms with van der Waals surface area (Å²) >= 11 is 3.32. The van der Waals surface area contributed by atoms with E-state index in [1.165, 1.54) is 6.08 Å². The maximum Gasteiger partial charge on any atom is 0.373 e. The van der Waals surface area contributed by atoms with Crippen molar-refractivity contribution in [2.45, 2.75) is 58.4 Å². The van der Waals surface area contributed by atoms with Crippen molar-refractivity contribution in [2.75, 3.05) is 13.7 Å². The lowest BCUT2D eigenvalue weighted by Gasteiger charge is -2.43. The molecule has 1 aromatic rings. The number of halogens is 1. The van der Waals surface area contributed by atoms with E-state index in [9.17, 15) is 24.0 Å². The van der Waals surface area contributed by atoms with Gasteiger partial charge in [-0.1, -0.05) is 28.1 Å². The smallest absolute Gasteiger partial charge is 0.373 e. The molecule has 2 rings (SSSR count). The molecule has 5 atom stereocenters. The van der Waals surface area contributed by atoms with E-state index in [4.69, 9.17) is 33.2 Å². The molecule has 0 unspecified atom stereocenters. The number of esters is 5. The van der Waals surface area contributed by atoms with Crippen LogP contribution in [0.4, 0.5) is 0 Å². The number of hydrogen-bond donors (Lipinski definition) is 0. The monoisotopic (exact) mass is 586 g/mol. The van der Waals surface area contributed by atoms with E-state index in [0.717, 1.165) is 39.3 Å². The van der Waals surface area contributed by atoms with Crippen LogP contribution < -0.4 is 0 Å². The van der Waals surface area contributed by atoms with Crippen molar-refractivity contribution in [1.29, 1.82) is 0 Å². The van der Waals surface area contributed by atoms with Gasteiger partial charge in [0.2, 0.25) is 18.2 Å². The molecule has 0 bridgehead atoms. The predicted octanol–water partition coefficient (Wildman–Crippen LogP) is 2.06. The molecule has 1 heterocycles. The van der Waals surface area contributed by atoms with Crippen LogP contribution in [0.1, 0.15) is 33.3 Å². The van der Waals surface area contributed by atoms with Crippen LogP contribution in [-0.4, -0.2) is 74.3 Å². The fourth-order valence-corrected chi connectivity index (χ4v) is 3.63. The second-order valence-corrected chi connectivity index (χ2v) is 8.65. The topological polar surface area (TPSA) is 150 Å². The van der Waals surface area contributed by atoms with E-state index in [1.807, 2.05) is 0 Å². The van der Waals surface area contributed by atoms with Gasteiger partial charge in [0.1, 0.15) is 12.7 Å². The lowest BCUT2D eigenvalue weighted by Crippen LogP contribution is -2.63. The highest BCUT2D eigenvalue weighted by molar-refractivity contribution is 9.10. The fraction of sp³-hybridized carbons (Fsp3) is 0.458. The standard InChI is InChI=1S/C24H27BrO12/c1-12(26)32-11-19-20(33-13(2)27)21(34-14(3)28)22(35-15(4)29)24(37-19)36-18(23(30)31-5)10-16-6-8-17(25)9-7-16/h6-10,19-22,24H,11H2,1-5H3/t19-,20-,21+,22-,24-/m0/s1. The highest BCUT2D eigenvalue weighted by Crippen LogP contribution is 2.31. The van der Waals surface area contributed by atoms with Crippen molar-refractivity contribution in [3.05, 3.63) is 40.1 Å². The molecule has 37 heavy (non-hydrogen) atoms. The zero-order chi connectivity index (χ0) is 27.7. The van der Waals surface area contributed by atoms with E-state index >= 15 is 0 Å². The first-order chi connectivity index (χ1) is 17.4. The predicted molar refractivity (Wildman–Crippen MR) is 127 cm³/mol. The zero-order valence-electron chi connectivity index (χ0n) is 20.8. The minimum absolute atomic E-state index is 0.342. The molecule has 0 aliphatic carbocycles. The summed E-state index contributed by atoms with van der Waals surface area (Å²) in [5.74, 6) is -4.29. The van der Waals surface area contributed by atoms with Crippen molar-refractivity contribution < 1.29 is 57.1 Å². The van der Waals surface area contributed by atoms with Crippen LogP contribution in [0.25, 0.3) is 6.08 Å². The van der Waals surface area contributed by atoms with Gasteiger partial charge < -0.3 is 33.2 Å². The summed E-state index contributed by atoms with van der Waals surface area (Å²) in [4.78, 5) is 59.7. The van der Waals surface area contributed by atoms with Gasteiger partial charge in [0, 0.05) is 32.2 Å². The molecule has 1 aromatic carbocycles. The minimum atomic E-state index is -1.58. The third-order valence-corrected chi connectivity index (χ3v) is 5.27. The van der Waals surface area contributed by atoms with Crippen LogP contribution in [0.15, 0.2) is 34.5 Å². The van der Waals surface area contributed by atoms with Crippen molar-refractivity contribution in [2.24, 2.45) is 0 Å². The first-order valence-electron chi connectivity index (χ1n) is 10.9. The lowest BCUT2D eigenvalue weighted by molar-refractivity contribution is -0.299. The zero-order valence-corrected chi connectivity index (χ0v) is 22.3. The summed E-state index contributed by atoms with van der Waals surface area (Å²) in [5.41, 5.74) is 0.550. The molecule has 1 fully saturated rings. The van der Waals surface area contributed by atoms with Crippen LogP contribution in [0.5, 0.6) is 0 Å². The summed E-state index contributed by atoms with van der Waals surface area (Å²) in [6.07, 6.45) is -5.77. The molecule has 0 amide bonds. The van der Waals surface area contributed by atoms with Crippen LogP contribution >= 0.6 is 15.9 Å². The molecule has 0 saturated carbocycles. The summed E-state index contributed by atoms with van der Waals surface area (Å²) in [6, 6.07) is 6.83. The lowest BCUT2D eigenvalue weighted by atomic mass is 9.98. The number of hydrogen-bond acceptors (Lipinski definition) is 12. The number of methoxy groups -OCH3 is 1. The largest absolute Gasteiger partial charge is 0.463 e. The maximum absolute atomic E-state index is 12.5. The normalized spacial score (nSPS) is 23.3. The van der Waals surface area contributed by atoms with Gasteiger partial charge in [0.25, 0.3) is 0 Å². The second-order valence-electron chi connectivity index (χ2n) is 7.74. The average molecular weight is 587 g/mol. The molecule has 202 valence electrons. The van der Waals surface area contributed by atoms with Gasteiger partial charge >= 0.3 is 29.8 Å². The Bertz CT molecular complexity index is 1030. The maximum atomic E-state index is 12.5. The highest BCUT2D eigenvalue weighted by atomic mass is 79.9. The SMILES string of the molecule is COC(=O)C(=Cc1ccc(Br)cc1)O[C@H]1O[C@@H](COC(C)=O)[C@H](OC(C)=O)[C@@H](OC(C)=O)[C@@H]1OC(C)=O. The first kappa shape index (κ1) is 29.8. The van der Waals surface area contributed by atoms with Gasteiger partial charge in [-0.25, -0.2) is 4.79 Å². The van der Waals surface area contributed by atoms with Gasteiger partial charge in [-0.15, -0.1) is 0 Å². The molecular weight excluding hydrogens is 560 g/mol. The Morgan fingerprint density at radius 2 is 1.35 bits per heavy atom. The Balaban J connectivity index is 2.55. The van der Waals surface area contributed by atoms with E-state index in [2.05, 4.69) is 15.9 Å². The van der Waals surface area contributed by atoms with Crippen LogP contribution in [0.2, 0.25) is 0 Å². The van der Waals surface area contributed by atoms with Gasteiger partial charge in [0.05, 0.1) is 7.11 Å². The molecule has 1 aliphatic heterocycles. The summed E-state index contributed by atoms with van der Waals surface area (Å²) in [7, 11) is 1.13. The second kappa shape index (κ2) is 13.7. The molecule has 12 nitrogen and oxygen atoms in total. The number of benzene rings is 1. The third kappa shape index (κ3) is 9.17. The van der Waals surface area contributed by atoms with E-state index in [1.54, 1.807) is 24.3 Å². The average Bonchev–Trinajstić information content (AvgIpc) is 2.81.